The second-order valence-electron chi connectivity index (χ2n) is 6.09. The van der Waals surface area contributed by atoms with Gasteiger partial charge in [0.05, 0.1) is 16.4 Å². The Hall–Kier alpha value is -1.23. The number of hydrogen-bond donors (Lipinski definition) is 1. The van der Waals surface area contributed by atoms with Crippen LogP contribution in [0.3, 0.4) is 0 Å². The Balaban J connectivity index is 2.17. The molecule has 7 nitrogen and oxygen atoms in total. The Morgan fingerprint density at radius 1 is 1.36 bits per heavy atom. The van der Waals surface area contributed by atoms with Gasteiger partial charge in [-0.25, -0.2) is 21.1 Å². The zero-order chi connectivity index (χ0) is 18.8. The number of nitrogens with one attached hydrogen (secondary N) is 1. The fourth-order valence-electron chi connectivity index (χ4n) is 2.73. The van der Waals surface area contributed by atoms with Crippen LogP contribution in [0, 0.1) is 0 Å². The first-order valence-corrected chi connectivity index (χ1v) is 11.5. The van der Waals surface area contributed by atoms with Crippen molar-refractivity contribution >= 4 is 42.9 Å². The number of sulfonamides is 1. The summed E-state index contributed by atoms with van der Waals surface area (Å²) in [5.41, 5.74) is 0.548. The van der Waals surface area contributed by atoms with Crippen LogP contribution in [-0.4, -0.2) is 69.3 Å². The molecular formula is C15H23N3O4S3. The molecule has 0 amide bonds. The molecule has 0 bridgehead atoms. The minimum Gasteiger partial charge on any atom is -0.345 e. The number of rotatable bonds is 5. The molecule has 1 atom stereocenters. The van der Waals surface area contributed by atoms with Gasteiger partial charge < -0.3 is 10.2 Å². The maximum Gasteiger partial charge on any atom is 0.242 e. The Morgan fingerprint density at radius 2 is 2.04 bits per heavy atom. The van der Waals surface area contributed by atoms with E-state index in [4.69, 9.17) is 12.2 Å². The SMILES string of the molecule is CCN(C(=S)Nc1cccc(S(=O)(=O)N(C)C)c1)[C@H]1CCS(=O)(=O)C1. The minimum absolute atomic E-state index is 0.0949. The summed E-state index contributed by atoms with van der Waals surface area (Å²) in [7, 11) is -3.60. The van der Waals surface area contributed by atoms with Gasteiger partial charge in [-0.15, -0.1) is 0 Å². The molecule has 2 rings (SSSR count). The van der Waals surface area contributed by atoms with Gasteiger partial charge in [0, 0.05) is 32.4 Å². The summed E-state index contributed by atoms with van der Waals surface area (Å²) >= 11 is 5.42. The van der Waals surface area contributed by atoms with Gasteiger partial charge in [-0.2, -0.15) is 0 Å². The van der Waals surface area contributed by atoms with E-state index < -0.39 is 19.9 Å². The fraction of sp³-hybridized carbons (Fsp3) is 0.533. The first-order valence-electron chi connectivity index (χ1n) is 7.87. The maximum atomic E-state index is 12.2. The predicted molar refractivity (Wildman–Crippen MR) is 103 cm³/mol. The zero-order valence-corrected chi connectivity index (χ0v) is 16.9. The summed E-state index contributed by atoms with van der Waals surface area (Å²) in [6, 6.07) is 6.24. The van der Waals surface area contributed by atoms with E-state index in [0.717, 1.165) is 4.31 Å². The monoisotopic (exact) mass is 405 g/mol. The number of hydrogen-bond acceptors (Lipinski definition) is 5. The third kappa shape index (κ3) is 4.69. The lowest BCUT2D eigenvalue weighted by Crippen LogP contribution is -2.43. The summed E-state index contributed by atoms with van der Waals surface area (Å²) in [6.07, 6.45) is 0.549. The van der Waals surface area contributed by atoms with Crippen molar-refractivity contribution in [2.24, 2.45) is 0 Å². The fourth-order valence-corrected chi connectivity index (χ4v) is 5.80. The molecule has 1 aromatic carbocycles. The van der Waals surface area contributed by atoms with Crippen molar-refractivity contribution in [3.05, 3.63) is 24.3 Å². The van der Waals surface area contributed by atoms with E-state index in [2.05, 4.69) is 5.32 Å². The lowest BCUT2D eigenvalue weighted by Gasteiger charge is -2.29. The van der Waals surface area contributed by atoms with Crippen LogP contribution < -0.4 is 5.32 Å². The molecule has 10 heteroatoms. The molecular weight excluding hydrogens is 382 g/mol. The molecule has 1 saturated heterocycles. The van der Waals surface area contributed by atoms with Gasteiger partial charge in [0.15, 0.2) is 14.9 Å². The first-order chi connectivity index (χ1) is 11.6. The van der Waals surface area contributed by atoms with Gasteiger partial charge in [0.2, 0.25) is 10.0 Å². The van der Waals surface area contributed by atoms with Crippen LogP contribution in [-0.2, 0) is 19.9 Å². The topological polar surface area (TPSA) is 86.8 Å². The highest BCUT2D eigenvalue weighted by Crippen LogP contribution is 2.21. The Kier molecular flexibility index (Phi) is 6.08. The summed E-state index contributed by atoms with van der Waals surface area (Å²) in [6.45, 7) is 2.48. The van der Waals surface area contributed by atoms with Crippen LogP contribution in [0.4, 0.5) is 5.69 Å². The second-order valence-corrected chi connectivity index (χ2v) is 10.9. The predicted octanol–water partition coefficient (Wildman–Crippen LogP) is 1.14. The molecule has 140 valence electrons. The maximum absolute atomic E-state index is 12.2. The van der Waals surface area contributed by atoms with E-state index in [1.165, 1.54) is 26.2 Å². The highest BCUT2D eigenvalue weighted by molar-refractivity contribution is 7.91. The van der Waals surface area contributed by atoms with E-state index in [-0.39, 0.29) is 22.4 Å². The second kappa shape index (κ2) is 7.56. The number of sulfone groups is 1. The van der Waals surface area contributed by atoms with Gasteiger partial charge in [-0.3, -0.25) is 0 Å². The molecule has 0 radical (unpaired) electrons. The van der Waals surface area contributed by atoms with Crippen molar-refractivity contribution in [3.63, 3.8) is 0 Å². The molecule has 1 heterocycles. The standard InChI is InChI=1S/C15H23N3O4S3/c1-4-18(13-8-9-24(19,20)11-13)15(23)16-12-6-5-7-14(10-12)25(21,22)17(2)3/h5-7,10,13H,4,8-9,11H2,1-3H3,(H,16,23)/t13-/m0/s1. The van der Waals surface area contributed by atoms with Crippen molar-refractivity contribution in [2.45, 2.75) is 24.3 Å². The van der Waals surface area contributed by atoms with Crippen molar-refractivity contribution in [2.75, 3.05) is 37.5 Å². The van der Waals surface area contributed by atoms with E-state index in [1.807, 2.05) is 11.8 Å². The molecule has 1 aliphatic rings. The summed E-state index contributed by atoms with van der Waals surface area (Å²) in [5, 5.41) is 3.42. The number of benzene rings is 1. The third-order valence-electron chi connectivity index (χ3n) is 4.11. The van der Waals surface area contributed by atoms with Crippen LogP contribution in [0.2, 0.25) is 0 Å². The molecule has 0 aromatic heterocycles. The van der Waals surface area contributed by atoms with Crippen LogP contribution in [0.15, 0.2) is 29.2 Å². The van der Waals surface area contributed by atoms with Gasteiger partial charge in [-0.1, -0.05) is 6.07 Å². The summed E-state index contributed by atoms with van der Waals surface area (Å²) < 4.78 is 49.0. The average molecular weight is 406 g/mol. The van der Waals surface area contributed by atoms with Crippen LogP contribution in [0.25, 0.3) is 0 Å². The summed E-state index contributed by atoms with van der Waals surface area (Å²) in [4.78, 5) is 2.00. The van der Waals surface area contributed by atoms with Gasteiger partial charge in [0.25, 0.3) is 0 Å². The normalized spacial score (nSPS) is 19.8. The molecule has 1 fully saturated rings. The van der Waals surface area contributed by atoms with E-state index >= 15 is 0 Å². The van der Waals surface area contributed by atoms with Crippen LogP contribution in [0.1, 0.15) is 13.3 Å². The number of nitrogens with zero attached hydrogens (tertiary/aromatic N) is 2. The molecule has 0 unspecified atom stereocenters. The van der Waals surface area contributed by atoms with E-state index in [1.54, 1.807) is 12.1 Å². The molecule has 1 aliphatic heterocycles. The van der Waals surface area contributed by atoms with Gasteiger partial charge in [0.1, 0.15) is 0 Å². The number of anilines is 1. The van der Waals surface area contributed by atoms with Gasteiger partial charge >= 0.3 is 0 Å². The average Bonchev–Trinajstić information content (AvgIpc) is 2.88. The Bertz CT molecular complexity index is 851. The van der Waals surface area contributed by atoms with Crippen LogP contribution in [0.5, 0.6) is 0 Å². The third-order valence-corrected chi connectivity index (χ3v) is 8.01. The van der Waals surface area contributed by atoms with Crippen molar-refractivity contribution in [3.8, 4) is 0 Å². The van der Waals surface area contributed by atoms with Crippen molar-refractivity contribution < 1.29 is 16.8 Å². The highest BCUT2D eigenvalue weighted by Gasteiger charge is 2.32. The molecule has 1 aromatic rings. The Labute approximate surface area is 155 Å². The molecule has 1 N–H and O–H groups in total. The quantitative estimate of drug-likeness (QED) is 0.735. The molecule has 0 spiro atoms. The van der Waals surface area contributed by atoms with E-state index in [0.29, 0.717) is 23.8 Å². The molecule has 25 heavy (non-hydrogen) atoms. The highest BCUT2D eigenvalue weighted by atomic mass is 32.2. The summed E-state index contributed by atoms with van der Waals surface area (Å²) in [5.74, 6) is 0.269. The first kappa shape index (κ1) is 20.1. The van der Waals surface area contributed by atoms with E-state index in [9.17, 15) is 16.8 Å². The number of thiocarbonyl (C=S) groups is 1. The largest absolute Gasteiger partial charge is 0.345 e. The molecule has 0 aliphatic carbocycles. The van der Waals surface area contributed by atoms with Crippen molar-refractivity contribution in [1.82, 2.24) is 9.21 Å². The van der Waals surface area contributed by atoms with Gasteiger partial charge in [-0.05, 0) is 43.8 Å². The Morgan fingerprint density at radius 3 is 2.56 bits per heavy atom. The minimum atomic E-state index is -3.53. The zero-order valence-electron chi connectivity index (χ0n) is 14.5. The lowest BCUT2D eigenvalue weighted by atomic mass is 10.2. The molecule has 0 saturated carbocycles. The van der Waals surface area contributed by atoms with Crippen LogP contribution >= 0.6 is 12.2 Å². The smallest absolute Gasteiger partial charge is 0.242 e. The lowest BCUT2D eigenvalue weighted by molar-refractivity contribution is 0.355. The van der Waals surface area contributed by atoms with Crippen molar-refractivity contribution in [1.29, 1.82) is 0 Å².